The summed E-state index contributed by atoms with van der Waals surface area (Å²) in [6, 6.07) is 4.54. The highest BCUT2D eigenvalue weighted by molar-refractivity contribution is 5.97. The van der Waals surface area contributed by atoms with E-state index in [-0.39, 0.29) is 11.7 Å². The van der Waals surface area contributed by atoms with Crippen LogP contribution < -0.4 is 11.1 Å². The quantitative estimate of drug-likeness (QED) is 0.226. The van der Waals surface area contributed by atoms with Crippen LogP contribution in [0.1, 0.15) is 18.1 Å². The highest BCUT2D eigenvalue weighted by Crippen LogP contribution is 2.10. The van der Waals surface area contributed by atoms with Crippen molar-refractivity contribution in [3.05, 3.63) is 35.1 Å². The van der Waals surface area contributed by atoms with Crippen molar-refractivity contribution in [3.8, 4) is 0 Å². The predicted octanol–water partition coefficient (Wildman–Crippen LogP) is 0.962. The number of nitrogens with two attached hydrogens (primary N) is 1. The van der Waals surface area contributed by atoms with E-state index < -0.39 is 0 Å². The van der Waals surface area contributed by atoms with Gasteiger partial charge in [-0.3, -0.25) is 0 Å². The van der Waals surface area contributed by atoms with Crippen molar-refractivity contribution in [2.24, 2.45) is 10.9 Å². The molecule has 0 bridgehead atoms. The molecule has 4 N–H and O–H groups in total. The van der Waals surface area contributed by atoms with Crippen molar-refractivity contribution in [1.82, 2.24) is 10.2 Å². The molecule has 6 heteroatoms. The summed E-state index contributed by atoms with van der Waals surface area (Å²) in [5, 5.41) is 14.5. The van der Waals surface area contributed by atoms with Gasteiger partial charge in [-0.15, -0.1) is 0 Å². The molecule has 0 aliphatic rings. The Kier molecular flexibility index (Phi) is 6.24. The predicted molar refractivity (Wildman–Crippen MR) is 73.8 cm³/mol. The maximum absolute atomic E-state index is 13.8. The second-order valence-electron chi connectivity index (χ2n) is 4.36. The number of likely N-dealkylation sites (N-methyl/N-ethyl adjacent to an activating group) is 1. The van der Waals surface area contributed by atoms with Crippen molar-refractivity contribution in [2.45, 2.75) is 13.5 Å². The zero-order chi connectivity index (χ0) is 14.3. The van der Waals surface area contributed by atoms with E-state index in [1.165, 1.54) is 6.07 Å². The van der Waals surface area contributed by atoms with Gasteiger partial charge in [0.25, 0.3) is 0 Å². The Hall–Kier alpha value is -1.66. The van der Waals surface area contributed by atoms with E-state index in [0.29, 0.717) is 17.7 Å². The van der Waals surface area contributed by atoms with Crippen LogP contribution in [0.5, 0.6) is 0 Å². The molecule has 5 nitrogen and oxygen atoms in total. The van der Waals surface area contributed by atoms with E-state index in [1.54, 1.807) is 12.1 Å². The van der Waals surface area contributed by atoms with Gasteiger partial charge in [-0.1, -0.05) is 24.2 Å². The highest BCUT2D eigenvalue weighted by Gasteiger charge is 2.06. The molecule has 0 radical (unpaired) electrons. The summed E-state index contributed by atoms with van der Waals surface area (Å²) in [5.74, 6) is -0.455. The summed E-state index contributed by atoms with van der Waals surface area (Å²) in [5.41, 5.74) is 6.33. The SMILES string of the molecule is CCN(C)CCNCc1ccc(C(N)=NO)cc1F. The molecule has 0 fully saturated rings. The van der Waals surface area contributed by atoms with Gasteiger partial charge in [-0.2, -0.15) is 0 Å². The van der Waals surface area contributed by atoms with Crippen LogP contribution in [0.4, 0.5) is 4.39 Å². The summed E-state index contributed by atoms with van der Waals surface area (Å²) < 4.78 is 13.8. The van der Waals surface area contributed by atoms with Crippen LogP contribution >= 0.6 is 0 Å². The molecule has 0 saturated heterocycles. The number of nitrogens with zero attached hydrogens (tertiary/aromatic N) is 2. The largest absolute Gasteiger partial charge is 0.409 e. The normalized spacial score (nSPS) is 12.1. The van der Waals surface area contributed by atoms with Gasteiger partial charge in [-0.25, -0.2) is 4.39 Å². The Morgan fingerprint density at radius 2 is 2.26 bits per heavy atom. The summed E-state index contributed by atoms with van der Waals surface area (Å²) >= 11 is 0. The van der Waals surface area contributed by atoms with Gasteiger partial charge in [0.2, 0.25) is 0 Å². The van der Waals surface area contributed by atoms with Gasteiger partial charge < -0.3 is 21.2 Å². The number of nitrogens with one attached hydrogen (secondary N) is 1. The lowest BCUT2D eigenvalue weighted by atomic mass is 10.1. The Morgan fingerprint density at radius 3 is 2.84 bits per heavy atom. The molecule has 0 aliphatic carbocycles. The first-order chi connectivity index (χ1) is 9.08. The molecule has 1 aromatic carbocycles. The Balaban J connectivity index is 2.51. The number of halogens is 1. The first-order valence-electron chi connectivity index (χ1n) is 6.24. The molecule has 0 amide bonds. The number of hydrogen-bond acceptors (Lipinski definition) is 4. The Labute approximate surface area is 112 Å². The van der Waals surface area contributed by atoms with E-state index in [9.17, 15) is 4.39 Å². The molecular weight excluding hydrogens is 247 g/mol. The van der Waals surface area contributed by atoms with Gasteiger partial charge in [0.15, 0.2) is 5.84 Å². The zero-order valence-corrected chi connectivity index (χ0v) is 11.4. The molecule has 0 atom stereocenters. The van der Waals surface area contributed by atoms with Gasteiger partial charge >= 0.3 is 0 Å². The van der Waals surface area contributed by atoms with E-state index >= 15 is 0 Å². The van der Waals surface area contributed by atoms with Crippen LogP contribution in [0.25, 0.3) is 0 Å². The lowest BCUT2D eigenvalue weighted by molar-refractivity contribution is 0.318. The first kappa shape index (κ1) is 15.4. The molecule has 19 heavy (non-hydrogen) atoms. The number of amidine groups is 1. The standard InChI is InChI=1S/C13H21FN4O/c1-3-18(2)7-6-16-9-11-5-4-10(8-12(11)14)13(15)17-19/h4-5,8,16,19H,3,6-7,9H2,1-2H3,(H2,15,17). The average Bonchev–Trinajstić information content (AvgIpc) is 2.43. The highest BCUT2D eigenvalue weighted by atomic mass is 19.1. The first-order valence-corrected chi connectivity index (χ1v) is 6.24. The van der Waals surface area contributed by atoms with E-state index in [1.807, 2.05) is 7.05 Å². The summed E-state index contributed by atoms with van der Waals surface area (Å²) in [6.45, 7) is 5.25. The third-order valence-electron chi connectivity index (χ3n) is 2.98. The fourth-order valence-corrected chi connectivity index (χ4v) is 1.56. The lowest BCUT2D eigenvalue weighted by Gasteiger charge is -2.14. The zero-order valence-electron chi connectivity index (χ0n) is 11.4. The molecule has 106 valence electrons. The van der Waals surface area contributed by atoms with Crippen molar-refractivity contribution in [1.29, 1.82) is 0 Å². The molecule has 0 spiro atoms. The number of hydrogen-bond donors (Lipinski definition) is 3. The summed E-state index contributed by atoms with van der Waals surface area (Å²) in [7, 11) is 2.04. The average molecular weight is 268 g/mol. The second-order valence-corrected chi connectivity index (χ2v) is 4.36. The third kappa shape index (κ3) is 4.84. The topological polar surface area (TPSA) is 73.9 Å². The number of oxime groups is 1. The molecule has 1 rings (SSSR count). The lowest BCUT2D eigenvalue weighted by Crippen LogP contribution is -2.29. The van der Waals surface area contributed by atoms with Crippen LogP contribution in [0.3, 0.4) is 0 Å². The van der Waals surface area contributed by atoms with E-state index in [4.69, 9.17) is 10.9 Å². The smallest absolute Gasteiger partial charge is 0.170 e. The van der Waals surface area contributed by atoms with Gasteiger partial charge in [0.1, 0.15) is 5.82 Å². The molecular formula is C13H21FN4O. The third-order valence-corrected chi connectivity index (χ3v) is 2.98. The van der Waals surface area contributed by atoms with Gasteiger partial charge in [0.05, 0.1) is 0 Å². The Morgan fingerprint density at radius 1 is 1.53 bits per heavy atom. The van der Waals surface area contributed by atoms with Crippen LogP contribution in [-0.4, -0.2) is 42.6 Å². The van der Waals surface area contributed by atoms with Crippen LogP contribution in [0.2, 0.25) is 0 Å². The van der Waals surface area contributed by atoms with Crippen LogP contribution in [0, 0.1) is 5.82 Å². The molecule has 1 aromatic rings. The molecule has 0 aromatic heterocycles. The van der Waals surface area contributed by atoms with E-state index in [2.05, 4.69) is 22.3 Å². The minimum absolute atomic E-state index is 0.0945. The molecule has 0 unspecified atom stereocenters. The minimum atomic E-state index is -0.361. The van der Waals surface area contributed by atoms with E-state index in [0.717, 1.165) is 19.6 Å². The fourth-order valence-electron chi connectivity index (χ4n) is 1.56. The van der Waals surface area contributed by atoms with Crippen LogP contribution in [-0.2, 0) is 6.54 Å². The summed E-state index contributed by atoms with van der Waals surface area (Å²) in [4.78, 5) is 2.17. The van der Waals surface area contributed by atoms with Crippen LogP contribution in [0.15, 0.2) is 23.4 Å². The Bertz CT molecular complexity index is 437. The second kappa shape index (κ2) is 7.70. The number of benzene rings is 1. The van der Waals surface area contributed by atoms with Crippen molar-refractivity contribution in [2.75, 3.05) is 26.7 Å². The van der Waals surface area contributed by atoms with Crippen molar-refractivity contribution < 1.29 is 9.60 Å². The fraction of sp³-hybridized carbons (Fsp3) is 0.462. The van der Waals surface area contributed by atoms with Crippen molar-refractivity contribution >= 4 is 5.84 Å². The van der Waals surface area contributed by atoms with Crippen molar-refractivity contribution in [3.63, 3.8) is 0 Å². The minimum Gasteiger partial charge on any atom is -0.409 e. The number of rotatable bonds is 7. The molecule has 0 saturated carbocycles. The maximum atomic E-state index is 13.8. The van der Waals surface area contributed by atoms with Gasteiger partial charge in [0, 0.05) is 30.8 Å². The molecule has 0 aliphatic heterocycles. The molecule has 0 heterocycles. The monoisotopic (exact) mass is 268 g/mol. The summed E-state index contributed by atoms with van der Waals surface area (Å²) in [6.07, 6.45) is 0. The maximum Gasteiger partial charge on any atom is 0.170 e. The van der Waals surface area contributed by atoms with Gasteiger partial charge in [-0.05, 0) is 19.7 Å².